The van der Waals surface area contributed by atoms with Crippen LogP contribution in [0.25, 0.3) is 5.82 Å². The zero-order valence-corrected chi connectivity index (χ0v) is 11.4. The smallest absolute Gasteiger partial charge is 0.257 e. The molecular formula is C14H18N4O2. The first kappa shape index (κ1) is 12.9. The van der Waals surface area contributed by atoms with E-state index in [0.29, 0.717) is 5.56 Å². The molecule has 0 unspecified atom stereocenters. The van der Waals surface area contributed by atoms with E-state index < -0.39 is 5.54 Å². The van der Waals surface area contributed by atoms with Crippen LogP contribution in [0.3, 0.4) is 0 Å². The summed E-state index contributed by atoms with van der Waals surface area (Å²) in [6.45, 7) is -0.0160. The molecule has 1 aliphatic rings. The van der Waals surface area contributed by atoms with Crippen molar-refractivity contribution in [1.82, 2.24) is 19.7 Å². The first-order valence-electron chi connectivity index (χ1n) is 6.74. The van der Waals surface area contributed by atoms with E-state index in [1.165, 1.54) is 0 Å². The van der Waals surface area contributed by atoms with Crippen molar-refractivity contribution in [2.24, 2.45) is 7.05 Å². The second-order valence-corrected chi connectivity index (χ2v) is 5.34. The predicted octanol–water partition coefficient (Wildman–Crippen LogP) is 0.856. The van der Waals surface area contributed by atoms with Crippen molar-refractivity contribution in [3.05, 3.63) is 36.3 Å². The molecule has 6 nitrogen and oxygen atoms in total. The Morgan fingerprint density at radius 2 is 2.15 bits per heavy atom. The topological polar surface area (TPSA) is 72.1 Å². The summed E-state index contributed by atoms with van der Waals surface area (Å²) in [6.07, 6.45) is 8.01. The molecule has 2 aromatic heterocycles. The van der Waals surface area contributed by atoms with Crippen LogP contribution in [-0.2, 0) is 7.05 Å². The number of aromatic nitrogens is 3. The number of hydrogen-bond donors (Lipinski definition) is 2. The maximum atomic E-state index is 12.5. The quantitative estimate of drug-likeness (QED) is 0.868. The van der Waals surface area contributed by atoms with E-state index in [9.17, 15) is 9.90 Å². The minimum absolute atomic E-state index is 0.0160. The van der Waals surface area contributed by atoms with Gasteiger partial charge in [0.25, 0.3) is 5.91 Å². The zero-order chi connectivity index (χ0) is 14.2. The number of amides is 1. The predicted molar refractivity (Wildman–Crippen MR) is 73.7 cm³/mol. The monoisotopic (exact) mass is 274 g/mol. The van der Waals surface area contributed by atoms with Crippen molar-refractivity contribution in [3.63, 3.8) is 0 Å². The van der Waals surface area contributed by atoms with Crippen LogP contribution in [0, 0.1) is 0 Å². The van der Waals surface area contributed by atoms with Crippen LogP contribution in [0.15, 0.2) is 30.7 Å². The van der Waals surface area contributed by atoms with Gasteiger partial charge < -0.3 is 15.0 Å². The lowest BCUT2D eigenvalue weighted by Crippen LogP contribution is -2.56. The summed E-state index contributed by atoms with van der Waals surface area (Å²) in [4.78, 5) is 12.5. The van der Waals surface area contributed by atoms with E-state index in [2.05, 4.69) is 10.4 Å². The van der Waals surface area contributed by atoms with E-state index in [1.54, 1.807) is 17.9 Å². The van der Waals surface area contributed by atoms with Crippen molar-refractivity contribution in [2.75, 3.05) is 6.61 Å². The summed E-state index contributed by atoms with van der Waals surface area (Å²) >= 11 is 0. The van der Waals surface area contributed by atoms with Crippen LogP contribution in [0.5, 0.6) is 0 Å². The molecule has 2 aromatic rings. The molecule has 106 valence electrons. The summed E-state index contributed by atoms with van der Waals surface area (Å²) in [5.74, 6) is 0.537. The number of nitrogens with zero attached hydrogens (tertiary/aromatic N) is 3. The third kappa shape index (κ3) is 2.02. The van der Waals surface area contributed by atoms with Crippen LogP contribution < -0.4 is 5.32 Å². The molecule has 0 saturated heterocycles. The zero-order valence-electron chi connectivity index (χ0n) is 11.4. The summed E-state index contributed by atoms with van der Waals surface area (Å²) in [5.41, 5.74) is 0.0735. The van der Waals surface area contributed by atoms with Gasteiger partial charge in [-0.1, -0.05) is 0 Å². The van der Waals surface area contributed by atoms with Crippen LogP contribution >= 0.6 is 0 Å². The van der Waals surface area contributed by atoms with Crippen molar-refractivity contribution in [1.29, 1.82) is 0 Å². The highest BCUT2D eigenvalue weighted by Crippen LogP contribution is 2.31. The van der Waals surface area contributed by atoms with Gasteiger partial charge in [0.2, 0.25) is 0 Å². The van der Waals surface area contributed by atoms with Crippen molar-refractivity contribution in [2.45, 2.75) is 24.8 Å². The fourth-order valence-corrected chi connectivity index (χ4v) is 2.61. The van der Waals surface area contributed by atoms with Gasteiger partial charge in [-0.05, 0) is 31.4 Å². The second kappa shape index (κ2) is 4.79. The highest BCUT2D eigenvalue weighted by Gasteiger charge is 2.38. The number of rotatable bonds is 4. The Morgan fingerprint density at radius 3 is 2.70 bits per heavy atom. The first-order chi connectivity index (χ1) is 9.65. The minimum atomic E-state index is -0.444. The van der Waals surface area contributed by atoms with E-state index in [0.717, 1.165) is 25.1 Å². The lowest BCUT2D eigenvalue weighted by molar-refractivity contribution is 0.0641. The van der Waals surface area contributed by atoms with Gasteiger partial charge in [0.1, 0.15) is 11.4 Å². The molecule has 0 aromatic carbocycles. The molecule has 1 saturated carbocycles. The first-order valence-corrected chi connectivity index (χ1v) is 6.74. The Kier molecular flexibility index (Phi) is 3.10. The lowest BCUT2D eigenvalue weighted by atomic mass is 9.77. The summed E-state index contributed by atoms with van der Waals surface area (Å²) in [7, 11) is 1.80. The molecule has 1 aliphatic carbocycles. The second-order valence-electron chi connectivity index (χ2n) is 5.34. The molecule has 0 aliphatic heterocycles. The van der Waals surface area contributed by atoms with Crippen molar-refractivity contribution >= 4 is 5.91 Å². The maximum Gasteiger partial charge on any atom is 0.257 e. The standard InChI is InChI=1S/C14H18N4O2/c1-17-13(18-7-2-3-8-18)11(9-15-17)12(20)16-14(10-19)5-4-6-14/h2-3,7-9,19H,4-6,10H2,1H3,(H,16,20). The Hall–Kier alpha value is -2.08. The normalized spacial score (nSPS) is 16.7. The maximum absolute atomic E-state index is 12.5. The Bertz CT molecular complexity index is 606. The fourth-order valence-electron chi connectivity index (χ4n) is 2.61. The van der Waals surface area contributed by atoms with Gasteiger partial charge in [-0.2, -0.15) is 5.10 Å². The summed E-state index contributed by atoms with van der Waals surface area (Å²) < 4.78 is 3.52. The van der Waals surface area contributed by atoms with Crippen LogP contribution in [0.1, 0.15) is 29.6 Å². The Morgan fingerprint density at radius 1 is 1.45 bits per heavy atom. The number of aliphatic hydroxyl groups is 1. The van der Waals surface area contributed by atoms with Crippen LogP contribution in [0.4, 0.5) is 0 Å². The van der Waals surface area contributed by atoms with Crippen LogP contribution in [-0.4, -0.2) is 37.5 Å². The molecule has 0 radical (unpaired) electrons. The highest BCUT2D eigenvalue weighted by atomic mass is 16.3. The third-order valence-electron chi connectivity index (χ3n) is 3.99. The molecule has 2 heterocycles. The van der Waals surface area contributed by atoms with Gasteiger partial charge in [0.15, 0.2) is 0 Å². The number of aryl methyl sites for hydroxylation is 1. The van der Waals surface area contributed by atoms with Gasteiger partial charge in [-0.15, -0.1) is 0 Å². The molecule has 1 amide bonds. The molecule has 0 bridgehead atoms. The van der Waals surface area contributed by atoms with Gasteiger partial charge >= 0.3 is 0 Å². The van der Waals surface area contributed by atoms with Gasteiger partial charge in [-0.25, -0.2) is 0 Å². The fraction of sp³-hybridized carbons (Fsp3) is 0.429. The molecule has 20 heavy (non-hydrogen) atoms. The molecule has 0 spiro atoms. The minimum Gasteiger partial charge on any atom is -0.394 e. The number of carbonyl (C=O) groups excluding carboxylic acids is 1. The Labute approximate surface area is 117 Å². The molecule has 1 fully saturated rings. The van der Waals surface area contributed by atoms with Crippen LogP contribution in [0.2, 0.25) is 0 Å². The molecule has 2 N–H and O–H groups in total. The van der Waals surface area contributed by atoms with Gasteiger partial charge in [0, 0.05) is 19.4 Å². The third-order valence-corrected chi connectivity index (χ3v) is 3.99. The van der Waals surface area contributed by atoms with Crippen molar-refractivity contribution in [3.8, 4) is 5.82 Å². The number of nitrogens with one attached hydrogen (secondary N) is 1. The van der Waals surface area contributed by atoms with E-state index in [1.807, 2.05) is 29.1 Å². The number of carbonyl (C=O) groups is 1. The molecule has 6 heteroatoms. The van der Waals surface area contributed by atoms with E-state index >= 15 is 0 Å². The Balaban J connectivity index is 1.89. The molecular weight excluding hydrogens is 256 g/mol. The average Bonchev–Trinajstić information content (AvgIpc) is 3.02. The van der Waals surface area contributed by atoms with E-state index in [4.69, 9.17) is 0 Å². The number of hydrogen-bond acceptors (Lipinski definition) is 3. The van der Waals surface area contributed by atoms with Crippen molar-refractivity contribution < 1.29 is 9.90 Å². The lowest BCUT2D eigenvalue weighted by Gasteiger charge is -2.40. The van der Waals surface area contributed by atoms with Gasteiger partial charge in [0.05, 0.1) is 18.3 Å². The SMILES string of the molecule is Cn1ncc(C(=O)NC2(CO)CCC2)c1-n1cccc1. The molecule has 3 rings (SSSR count). The average molecular weight is 274 g/mol. The largest absolute Gasteiger partial charge is 0.394 e. The van der Waals surface area contributed by atoms with E-state index in [-0.39, 0.29) is 12.5 Å². The summed E-state index contributed by atoms with van der Waals surface area (Å²) in [5, 5.41) is 16.6. The highest BCUT2D eigenvalue weighted by molar-refractivity contribution is 5.97. The van der Waals surface area contributed by atoms with Gasteiger partial charge in [-0.3, -0.25) is 9.48 Å². The molecule has 0 atom stereocenters. The summed E-state index contributed by atoms with van der Waals surface area (Å²) in [6, 6.07) is 3.80. The number of aliphatic hydroxyl groups excluding tert-OH is 1.